The largest absolute Gasteiger partial charge is 0.382 e. The zero-order valence-electron chi connectivity index (χ0n) is 10.4. The monoisotopic (exact) mass is 264 g/mol. The van der Waals surface area contributed by atoms with Crippen molar-refractivity contribution in [3.8, 4) is 0 Å². The van der Waals surface area contributed by atoms with Gasteiger partial charge in [0.25, 0.3) is 5.69 Å². The summed E-state index contributed by atoms with van der Waals surface area (Å²) >= 11 is 0. The number of benzene rings is 1. The van der Waals surface area contributed by atoms with Crippen molar-refractivity contribution >= 4 is 17.4 Å². The number of hydrogen-bond donors (Lipinski definition) is 2. The zero-order valence-corrected chi connectivity index (χ0v) is 10.4. The maximum absolute atomic E-state index is 11.0. The number of carbonyl (C=O) groups is 1. The van der Waals surface area contributed by atoms with Crippen molar-refractivity contribution in [3.63, 3.8) is 0 Å². The van der Waals surface area contributed by atoms with Gasteiger partial charge in [0.05, 0.1) is 4.92 Å². The number of urea groups is 1. The molecule has 3 N–H and O–H groups in total. The molecule has 0 aliphatic carbocycles. The van der Waals surface area contributed by atoms with Crippen molar-refractivity contribution in [3.05, 3.63) is 34.4 Å². The highest BCUT2D eigenvalue weighted by Gasteiger charge is 2.21. The van der Waals surface area contributed by atoms with Gasteiger partial charge in [0.2, 0.25) is 0 Å². The van der Waals surface area contributed by atoms with Crippen molar-refractivity contribution in [2.45, 2.75) is 18.9 Å². The number of piperidine rings is 1. The molecule has 1 aliphatic rings. The number of nitrogens with two attached hydrogens (primary N) is 1. The molecule has 0 spiro atoms. The second kappa shape index (κ2) is 5.55. The van der Waals surface area contributed by atoms with Gasteiger partial charge in [-0.1, -0.05) is 6.07 Å². The second-order valence-electron chi connectivity index (χ2n) is 4.55. The molecule has 0 bridgehead atoms. The fourth-order valence-electron chi connectivity index (χ4n) is 2.19. The Kier molecular flexibility index (Phi) is 3.84. The van der Waals surface area contributed by atoms with Gasteiger partial charge in [0.15, 0.2) is 0 Å². The molecule has 2 rings (SSSR count). The lowest BCUT2D eigenvalue weighted by atomic mass is 10.0. The number of nitrogens with one attached hydrogen (secondary N) is 1. The number of nitrogens with zero attached hydrogens (tertiary/aromatic N) is 2. The molecule has 19 heavy (non-hydrogen) atoms. The van der Waals surface area contributed by atoms with Crippen LogP contribution in [0.15, 0.2) is 24.3 Å². The topological polar surface area (TPSA) is 102 Å². The number of primary amides is 1. The molecule has 0 saturated carbocycles. The van der Waals surface area contributed by atoms with Gasteiger partial charge in [-0.25, -0.2) is 4.79 Å². The van der Waals surface area contributed by atoms with Crippen LogP contribution in [0.25, 0.3) is 0 Å². The number of amides is 2. The summed E-state index contributed by atoms with van der Waals surface area (Å²) in [5, 5.41) is 13.9. The zero-order chi connectivity index (χ0) is 13.8. The van der Waals surface area contributed by atoms with Crippen molar-refractivity contribution in [1.82, 2.24) is 4.90 Å². The molecule has 0 radical (unpaired) electrons. The molecule has 0 atom stereocenters. The summed E-state index contributed by atoms with van der Waals surface area (Å²) in [6.45, 7) is 1.23. The van der Waals surface area contributed by atoms with E-state index in [2.05, 4.69) is 5.32 Å². The van der Waals surface area contributed by atoms with Crippen molar-refractivity contribution in [2.24, 2.45) is 5.73 Å². The maximum Gasteiger partial charge on any atom is 0.314 e. The summed E-state index contributed by atoms with van der Waals surface area (Å²) in [7, 11) is 0. The second-order valence-corrected chi connectivity index (χ2v) is 4.55. The number of likely N-dealkylation sites (tertiary alicyclic amines) is 1. The molecule has 1 aliphatic heterocycles. The van der Waals surface area contributed by atoms with E-state index < -0.39 is 11.0 Å². The van der Waals surface area contributed by atoms with E-state index in [4.69, 9.17) is 5.73 Å². The van der Waals surface area contributed by atoms with Crippen LogP contribution >= 0.6 is 0 Å². The third-order valence-electron chi connectivity index (χ3n) is 3.23. The molecular formula is C12H16N4O3. The van der Waals surface area contributed by atoms with E-state index in [1.165, 1.54) is 12.1 Å². The van der Waals surface area contributed by atoms with Gasteiger partial charge in [-0.3, -0.25) is 10.1 Å². The summed E-state index contributed by atoms with van der Waals surface area (Å²) in [5.74, 6) is 0. The van der Waals surface area contributed by atoms with Crippen molar-refractivity contribution in [2.75, 3.05) is 18.4 Å². The normalized spacial score (nSPS) is 16.1. The van der Waals surface area contributed by atoms with Crippen LogP contribution in [-0.2, 0) is 0 Å². The minimum atomic E-state index is -0.416. The van der Waals surface area contributed by atoms with Crippen molar-refractivity contribution in [1.29, 1.82) is 0 Å². The number of nitro groups is 1. The predicted molar refractivity (Wildman–Crippen MR) is 70.9 cm³/mol. The highest BCUT2D eigenvalue weighted by Crippen LogP contribution is 2.20. The van der Waals surface area contributed by atoms with Gasteiger partial charge in [0, 0.05) is 37.0 Å². The summed E-state index contributed by atoms with van der Waals surface area (Å²) in [6.07, 6.45) is 1.57. The number of carbonyl (C=O) groups excluding carboxylic acids is 1. The van der Waals surface area contributed by atoms with Crippen LogP contribution in [0.2, 0.25) is 0 Å². The Morgan fingerprint density at radius 3 is 2.68 bits per heavy atom. The van der Waals surface area contributed by atoms with E-state index >= 15 is 0 Å². The lowest BCUT2D eigenvalue weighted by Crippen LogP contribution is -2.44. The minimum absolute atomic E-state index is 0.0690. The van der Waals surface area contributed by atoms with E-state index in [1.54, 1.807) is 17.0 Å². The first-order valence-corrected chi connectivity index (χ1v) is 6.11. The quantitative estimate of drug-likeness (QED) is 0.638. The van der Waals surface area contributed by atoms with E-state index in [-0.39, 0.29) is 11.7 Å². The first-order valence-electron chi connectivity index (χ1n) is 6.11. The Balaban J connectivity index is 1.94. The first-order chi connectivity index (χ1) is 9.06. The SMILES string of the molecule is NC(=O)N1CCC(Nc2cccc([N+](=O)[O-])c2)CC1. The third kappa shape index (κ3) is 3.34. The number of rotatable bonds is 3. The predicted octanol–water partition coefficient (Wildman–Crippen LogP) is 1.55. The summed E-state index contributed by atoms with van der Waals surface area (Å²) in [4.78, 5) is 22.9. The fraction of sp³-hybridized carbons (Fsp3) is 0.417. The van der Waals surface area contributed by atoms with Gasteiger partial charge in [0.1, 0.15) is 0 Å². The molecule has 0 unspecified atom stereocenters. The van der Waals surface area contributed by atoms with Crippen LogP contribution in [-0.4, -0.2) is 35.0 Å². The van der Waals surface area contributed by atoms with Crippen LogP contribution in [0, 0.1) is 10.1 Å². The number of hydrogen-bond acceptors (Lipinski definition) is 4. The molecule has 1 fully saturated rings. The fourth-order valence-corrected chi connectivity index (χ4v) is 2.19. The third-order valence-corrected chi connectivity index (χ3v) is 3.23. The Hall–Kier alpha value is -2.31. The smallest absolute Gasteiger partial charge is 0.314 e. The molecule has 1 saturated heterocycles. The highest BCUT2D eigenvalue weighted by molar-refractivity contribution is 5.72. The molecule has 1 aromatic carbocycles. The molecule has 1 aromatic rings. The van der Waals surface area contributed by atoms with Crippen molar-refractivity contribution < 1.29 is 9.72 Å². The van der Waals surface area contributed by atoms with Gasteiger partial charge in [-0.15, -0.1) is 0 Å². The van der Waals surface area contributed by atoms with E-state index in [9.17, 15) is 14.9 Å². The van der Waals surface area contributed by atoms with E-state index in [0.29, 0.717) is 13.1 Å². The molecule has 7 heteroatoms. The van der Waals surface area contributed by atoms with Gasteiger partial charge >= 0.3 is 6.03 Å². The van der Waals surface area contributed by atoms with Gasteiger partial charge in [-0.2, -0.15) is 0 Å². The number of non-ortho nitro benzene ring substituents is 1. The standard InChI is InChI=1S/C12H16N4O3/c13-12(17)15-6-4-9(5-7-15)14-10-2-1-3-11(8-10)16(18)19/h1-3,8-9,14H,4-7H2,(H2,13,17). The van der Waals surface area contributed by atoms with Crippen LogP contribution in [0.4, 0.5) is 16.2 Å². The van der Waals surface area contributed by atoms with Crippen LogP contribution in [0.3, 0.4) is 0 Å². The average molecular weight is 264 g/mol. The summed E-state index contributed by atoms with van der Waals surface area (Å²) in [6, 6.07) is 6.24. The molecule has 0 aromatic heterocycles. The molecular weight excluding hydrogens is 248 g/mol. The summed E-state index contributed by atoms with van der Waals surface area (Å²) in [5.41, 5.74) is 6.01. The molecule has 1 heterocycles. The average Bonchev–Trinajstić information content (AvgIpc) is 2.39. The first kappa shape index (κ1) is 13.1. The molecule has 7 nitrogen and oxygen atoms in total. The van der Waals surface area contributed by atoms with Gasteiger partial charge < -0.3 is 16.0 Å². The van der Waals surface area contributed by atoms with E-state index in [1.807, 2.05) is 0 Å². The van der Waals surface area contributed by atoms with E-state index in [0.717, 1.165) is 18.5 Å². The van der Waals surface area contributed by atoms with Crippen LogP contribution < -0.4 is 11.1 Å². The Bertz CT molecular complexity index is 484. The Morgan fingerprint density at radius 2 is 2.11 bits per heavy atom. The molecule has 2 amide bonds. The van der Waals surface area contributed by atoms with Crippen LogP contribution in [0.5, 0.6) is 0 Å². The number of nitro benzene ring substituents is 1. The Labute approximate surface area is 110 Å². The van der Waals surface area contributed by atoms with Gasteiger partial charge in [-0.05, 0) is 18.9 Å². The maximum atomic E-state index is 11.0. The highest BCUT2D eigenvalue weighted by atomic mass is 16.6. The summed E-state index contributed by atoms with van der Waals surface area (Å²) < 4.78 is 0. The minimum Gasteiger partial charge on any atom is -0.382 e. The lowest BCUT2D eigenvalue weighted by molar-refractivity contribution is -0.384. The van der Waals surface area contributed by atoms with Crippen LogP contribution in [0.1, 0.15) is 12.8 Å². The lowest BCUT2D eigenvalue weighted by Gasteiger charge is -2.31. The Morgan fingerprint density at radius 1 is 1.42 bits per heavy atom. The molecule has 102 valence electrons. The number of anilines is 1.